The number of aromatic hydroxyl groups is 1. The fourth-order valence-corrected chi connectivity index (χ4v) is 9.84. The van der Waals surface area contributed by atoms with Gasteiger partial charge >= 0.3 is 10.4 Å². The Bertz CT molecular complexity index is 3340. The number of rotatable bonds is 14. The minimum atomic E-state index is -5.40. The third-order valence-corrected chi connectivity index (χ3v) is 13.7. The Labute approximate surface area is 333 Å². The Morgan fingerprint density at radius 2 is 1.14 bits per heavy atom. The van der Waals surface area contributed by atoms with Crippen LogP contribution in [-0.2, 0) is 64.9 Å². The van der Waals surface area contributed by atoms with E-state index in [4.69, 9.17) is 4.55 Å². The van der Waals surface area contributed by atoms with Crippen molar-refractivity contribution < 1.29 is 82.6 Å². The Morgan fingerprint density at radius 3 is 1.71 bits per heavy atom. The third-order valence-electron chi connectivity index (χ3n) is 7.91. The lowest BCUT2D eigenvalue weighted by atomic mass is 10.1. The normalized spacial score (nSPS) is 13.5. The number of hydrogen-bond acceptors (Lipinski definition) is 19. The first kappa shape index (κ1) is 45.0. The van der Waals surface area contributed by atoms with Crippen molar-refractivity contribution in [2.24, 2.45) is 20.5 Å². The summed E-state index contributed by atoms with van der Waals surface area (Å²) in [6.45, 7) is -1.07. The van der Waals surface area contributed by atoms with Gasteiger partial charge in [0.25, 0.3) is 40.5 Å². The van der Waals surface area contributed by atoms with Crippen molar-refractivity contribution in [3.05, 3.63) is 66.7 Å². The van der Waals surface area contributed by atoms with Crippen LogP contribution in [0, 0.1) is 0 Å². The molecule has 0 unspecified atom stereocenters. The number of fused-ring (bicyclic) bond motifs is 2. The van der Waals surface area contributed by atoms with Gasteiger partial charge < -0.3 is 10.4 Å². The summed E-state index contributed by atoms with van der Waals surface area (Å²) in [6.07, 6.45) is 0. The molecule has 0 aliphatic carbocycles. The molecule has 30 heteroatoms. The molecule has 7 N–H and O–H groups in total. The number of anilines is 1. The molecule has 0 fully saturated rings. The highest BCUT2D eigenvalue weighted by Gasteiger charge is 2.28. The van der Waals surface area contributed by atoms with Gasteiger partial charge in [0.2, 0.25) is 0 Å². The maximum absolute atomic E-state index is 12.7. The molecule has 0 atom stereocenters. The third kappa shape index (κ3) is 9.85. The lowest BCUT2D eigenvalue weighted by Gasteiger charge is -2.13. The fourth-order valence-electron chi connectivity index (χ4n) is 5.42. The maximum atomic E-state index is 12.7. The highest BCUT2D eigenvalue weighted by atomic mass is 32.3. The fraction of sp³-hybridized carbons (Fsp3) is 0.103. The number of nitrogens with zero attached hydrogens (tertiary/aromatic N) is 4. The van der Waals surface area contributed by atoms with Crippen molar-refractivity contribution in [3.8, 4) is 5.75 Å². The molecule has 24 nitrogen and oxygen atoms in total. The van der Waals surface area contributed by atoms with Crippen LogP contribution in [0.25, 0.3) is 21.5 Å². The van der Waals surface area contributed by atoms with Crippen LogP contribution in [0.3, 0.4) is 0 Å². The average Bonchev–Trinajstić information content (AvgIpc) is 3.10. The smallest absolute Gasteiger partial charge is 0.397 e. The maximum Gasteiger partial charge on any atom is 0.397 e. The lowest BCUT2D eigenvalue weighted by molar-refractivity contribution is 0.284. The first-order chi connectivity index (χ1) is 27.0. The van der Waals surface area contributed by atoms with E-state index in [-0.39, 0.29) is 27.5 Å². The molecule has 0 saturated carbocycles. The number of sulfone groups is 1. The van der Waals surface area contributed by atoms with Gasteiger partial charge in [-0.15, -0.1) is 20.5 Å². The van der Waals surface area contributed by atoms with Crippen molar-refractivity contribution in [1.29, 1.82) is 0 Å². The monoisotopic (exact) mass is 939 g/mol. The van der Waals surface area contributed by atoms with Gasteiger partial charge in [0.15, 0.2) is 15.6 Å². The van der Waals surface area contributed by atoms with Gasteiger partial charge in [-0.05, 0) is 48.5 Å². The molecule has 0 heterocycles. The Morgan fingerprint density at radius 1 is 0.559 bits per heavy atom. The molecular weight excluding hydrogens is 915 g/mol. The van der Waals surface area contributed by atoms with E-state index in [0.29, 0.717) is 12.1 Å². The molecule has 0 amide bonds. The summed E-state index contributed by atoms with van der Waals surface area (Å²) in [5.74, 6) is -2.13. The van der Waals surface area contributed by atoms with Crippen LogP contribution < -0.4 is 5.32 Å². The molecule has 0 aliphatic rings. The van der Waals surface area contributed by atoms with E-state index in [9.17, 15) is 73.8 Å². The van der Waals surface area contributed by atoms with E-state index in [1.165, 1.54) is 19.2 Å². The molecule has 5 rings (SSSR count). The van der Waals surface area contributed by atoms with E-state index in [1.807, 2.05) is 0 Å². The predicted octanol–water partition coefficient (Wildman–Crippen LogP) is 4.15. The van der Waals surface area contributed by atoms with E-state index < -0.39 is 126 Å². The Balaban J connectivity index is 1.69. The van der Waals surface area contributed by atoms with Gasteiger partial charge in [-0.25, -0.2) is 12.6 Å². The molecule has 316 valence electrons. The van der Waals surface area contributed by atoms with Crippen LogP contribution in [-0.4, -0.2) is 97.8 Å². The lowest BCUT2D eigenvalue weighted by Crippen LogP contribution is -2.16. The highest BCUT2D eigenvalue weighted by Crippen LogP contribution is 2.47. The molecule has 5 aromatic rings. The van der Waals surface area contributed by atoms with Crippen molar-refractivity contribution in [2.75, 3.05) is 24.7 Å². The second-order valence-corrected chi connectivity index (χ2v) is 20.4. The Kier molecular flexibility index (Phi) is 12.1. The molecular formula is C29H25N5O19S6. The summed E-state index contributed by atoms with van der Waals surface area (Å²) < 4.78 is 198. The van der Waals surface area contributed by atoms with E-state index >= 15 is 0 Å². The molecule has 0 aliphatic heterocycles. The molecule has 0 bridgehead atoms. The summed E-state index contributed by atoms with van der Waals surface area (Å²) in [4.78, 5) is -4.91. The van der Waals surface area contributed by atoms with Crippen LogP contribution in [0.4, 0.5) is 28.4 Å². The van der Waals surface area contributed by atoms with E-state index in [1.54, 1.807) is 0 Å². The zero-order valence-electron chi connectivity index (χ0n) is 29.0. The topological polar surface area (TPSA) is 397 Å². The van der Waals surface area contributed by atoms with Crippen molar-refractivity contribution in [2.45, 2.75) is 24.5 Å². The van der Waals surface area contributed by atoms with Gasteiger partial charge in [-0.2, -0.15) is 42.1 Å². The van der Waals surface area contributed by atoms with Crippen LogP contribution in [0.2, 0.25) is 0 Å². The minimum absolute atomic E-state index is 0.000902. The quantitative estimate of drug-likeness (QED) is 0.0607. The summed E-state index contributed by atoms with van der Waals surface area (Å²) in [5, 5.41) is 27.5. The largest absolute Gasteiger partial charge is 0.505 e. The van der Waals surface area contributed by atoms with Crippen molar-refractivity contribution in [1.82, 2.24) is 0 Å². The number of phenols is 1. The molecule has 5 aromatic carbocycles. The second-order valence-electron chi connectivity index (χ2n) is 11.6. The summed E-state index contributed by atoms with van der Waals surface area (Å²) >= 11 is 0. The van der Waals surface area contributed by atoms with Crippen LogP contribution in [0.15, 0.2) is 112 Å². The molecule has 0 spiro atoms. The van der Waals surface area contributed by atoms with Crippen LogP contribution in [0.5, 0.6) is 5.75 Å². The van der Waals surface area contributed by atoms with Gasteiger partial charge in [0.1, 0.15) is 42.3 Å². The number of azo groups is 2. The number of benzene rings is 5. The van der Waals surface area contributed by atoms with Gasteiger partial charge in [-0.3, -0.25) is 22.8 Å². The zero-order valence-corrected chi connectivity index (χ0v) is 33.9. The van der Waals surface area contributed by atoms with Gasteiger partial charge in [0, 0.05) is 28.6 Å². The number of nitrogens with one attached hydrogen (secondary N) is 1. The molecule has 59 heavy (non-hydrogen) atoms. The van der Waals surface area contributed by atoms with E-state index in [2.05, 4.69) is 30.0 Å². The summed E-state index contributed by atoms with van der Waals surface area (Å²) in [7, 11) is -29.1. The first-order valence-corrected chi connectivity index (χ1v) is 24.1. The summed E-state index contributed by atoms with van der Waals surface area (Å²) in [5.41, 5.74) is -2.85. The molecule has 0 aromatic heterocycles. The number of hydrogen-bond donors (Lipinski definition) is 7. The van der Waals surface area contributed by atoms with E-state index in [0.717, 1.165) is 42.5 Å². The van der Waals surface area contributed by atoms with Crippen LogP contribution >= 0.6 is 0 Å². The number of phenolic OH excluding ortho intramolecular Hbond substituents is 1. The molecule has 0 radical (unpaired) electrons. The van der Waals surface area contributed by atoms with Crippen LogP contribution in [0.1, 0.15) is 0 Å². The second kappa shape index (κ2) is 15.8. The highest BCUT2D eigenvalue weighted by molar-refractivity contribution is 7.91. The summed E-state index contributed by atoms with van der Waals surface area (Å²) in [6, 6.07) is 9.93. The van der Waals surface area contributed by atoms with Crippen molar-refractivity contribution >= 4 is 111 Å². The SMILES string of the molecule is CNc1ccc2c(O)c(/N=N/c3ccc4c(S(=O)(=O)O)cccc4c3S(=O)(=O)O)c(S(=O)(=O)O)cc2c1/N=N/c1ccc(S(=O)(=O)CCOS(=O)(=O)O)cc1S(=O)(=O)O. The zero-order chi connectivity index (χ0) is 44.1. The van der Waals surface area contributed by atoms with Crippen molar-refractivity contribution in [3.63, 3.8) is 0 Å². The first-order valence-electron chi connectivity index (χ1n) is 15.3. The van der Waals surface area contributed by atoms with Gasteiger partial charge in [-0.1, -0.05) is 18.2 Å². The minimum Gasteiger partial charge on any atom is -0.505 e. The molecule has 0 saturated heterocycles. The van der Waals surface area contributed by atoms with Gasteiger partial charge in [0.05, 0.1) is 22.9 Å². The standard InChI is InChI=1S/C29H25N5O19S6/c1-30-21-9-7-17-19(26(21)33-31-20-8-5-15(13-24(20)56(41,42)43)54(36,37)12-11-53-59(50,51)52)14-25(57(44,45)46)27(28(17)35)34-32-22-10-6-16-18(29(22)58(47,48)49)3-2-4-23(16)55(38,39)40/h2-10,13-14,30,35H,11-12H2,1H3,(H,38,39,40)(H,41,42,43)(H,44,45,46)(H,47,48,49)(H,50,51,52)/b33-31+,34-32+. The average molecular weight is 940 g/mol. The Hall–Kier alpha value is -5.12. The predicted molar refractivity (Wildman–Crippen MR) is 203 cm³/mol.